The van der Waals surface area contributed by atoms with Crippen molar-refractivity contribution in [3.63, 3.8) is 0 Å². The first-order valence-corrected chi connectivity index (χ1v) is 7.13. The smallest absolute Gasteiger partial charge is 0.196 e. The van der Waals surface area contributed by atoms with Crippen molar-refractivity contribution in [2.24, 2.45) is 0 Å². The monoisotopic (exact) mass is 448 g/mol. The van der Waals surface area contributed by atoms with Gasteiger partial charge in [0.1, 0.15) is 11.3 Å². The zero-order chi connectivity index (χ0) is 12.0. The van der Waals surface area contributed by atoms with Crippen LogP contribution in [0, 0.1) is 7.14 Å². The van der Waals surface area contributed by atoms with Crippen molar-refractivity contribution < 1.29 is 4.42 Å². The van der Waals surface area contributed by atoms with Crippen LogP contribution in [0.3, 0.4) is 0 Å². The molecule has 0 fully saturated rings. The van der Waals surface area contributed by atoms with E-state index in [1.807, 2.05) is 24.3 Å². The summed E-state index contributed by atoms with van der Waals surface area (Å²) < 4.78 is 7.46. The Morgan fingerprint density at radius 2 is 1.76 bits per heavy atom. The number of rotatable bonds is 0. The Labute approximate surface area is 125 Å². The molecule has 1 aromatic carbocycles. The van der Waals surface area contributed by atoms with E-state index in [0.717, 1.165) is 23.7 Å². The molecule has 0 saturated carbocycles. The minimum Gasteiger partial charge on any atom is -0.456 e. The average Bonchev–Trinajstić information content (AvgIpc) is 2.34. The van der Waals surface area contributed by atoms with Crippen LogP contribution < -0.4 is 5.43 Å². The Morgan fingerprint density at radius 1 is 1.00 bits per heavy atom. The molecule has 84 valence electrons. The van der Waals surface area contributed by atoms with Gasteiger partial charge in [0.2, 0.25) is 0 Å². The van der Waals surface area contributed by atoms with Crippen molar-refractivity contribution in [1.29, 1.82) is 0 Å². The van der Waals surface area contributed by atoms with Gasteiger partial charge in [-0.05, 0) is 57.3 Å². The van der Waals surface area contributed by atoms with Crippen LogP contribution in [0.15, 0.2) is 45.6 Å². The Kier molecular flexibility index (Phi) is 2.86. The van der Waals surface area contributed by atoms with Crippen molar-refractivity contribution >= 4 is 56.2 Å². The first-order valence-electron chi connectivity index (χ1n) is 4.97. The van der Waals surface area contributed by atoms with Gasteiger partial charge in [0, 0.05) is 20.6 Å². The van der Waals surface area contributed by atoms with E-state index < -0.39 is 0 Å². The van der Waals surface area contributed by atoms with Crippen molar-refractivity contribution in [2.45, 2.75) is 0 Å². The fraction of sp³-hybridized carbons (Fsp3) is 0. The second-order valence-corrected chi connectivity index (χ2v) is 5.86. The molecule has 0 unspecified atom stereocenters. The standard InChI is InChI=1S/C13H6I2O2/c14-12-8-5-7-3-1-2-4-10(7)17-11(8)6-9(16)13(12)15/h1-6H. The summed E-state index contributed by atoms with van der Waals surface area (Å²) in [5.41, 5.74) is 1.81. The molecule has 2 aliphatic rings. The first kappa shape index (κ1) is 11.5. The maximum Gasteiger partial charge on any atom is 0.196 e. The largest absolute Gasteiger partial charge is 0.456 e. The SMILES string of the molecule is O=c1cc2oc3ccccc3cc-2c(I)c1I. The molecule has 17 heavy (non-hydrogen) atoms. The molecule has 0 bridgehead atoms. The molecular weight excluding hydrogens is 442 g/mol. The lowest BCUT2D eigenvalue weighted by atomic mass is 10.1. The summed E-state index contributed by atoms with van der Waals surface area (Å²) in [5.74, 6) is 0.651. The normalized spacial score (nSPS) is 11.2. The van der Waals surface area contributed by atoms with Crippen molar-refractivity contribution in [3.05, 3.63) is 53.8 Å². The van der Waals surface area contributed by atoms with Crippen molar-refractivity contribution in [2.75, 3.05) is 0 Å². The number of halogens is 2. The molecule has 1 aliphatic carbocycles. The number of para-hydroxylation sites is 1. The lowest BCUT2D eigenvalue weighted by Crippen LogP contribution is -2.08. The Bertz CT molecular complexity index is 746. The molecule has 2 nitrogen and oxygen atoms in total. The lowest BCUT2D eigenvalue weighted by molar-refractivity contribution is 0.618. The van der Waals surface area contributed by atoms with Gasteiger partial charge >= 0.3 is 0 Å². The summed E-state index contributed by atoms with van der Waals surface area (Å²) in [4.78, 5) is 11.7. The maximum atomic E-state index is 11.7. The first-order chi connectivity index (χ1) is 8.16. The highest BCUT2D eigenvalue weighted by molar-refractivity contribution is 14.1. The van der Waals surface area contributed by atoms with E-state index in [0.29, 0.717) is 5.76 Å². The van der Waals surface area contributed by atoms with Crippen LogP contribution >= 0.6 is 45.2 Å². The Balaban J connectivity index is 2.53. The minimum atomic E-state index is 0.0153. The molecule has 1 heterocycles. The predicted octanol–water partition coefficient (Wildman–Crippen LogP) is 4.11. The van der Waals surface area contributed by atoms with Gasteiger partial charge in [0.05, 0.1) is 3.57 Å². The topological polar surface area (TPSA) is 30.2 Å². The maximum absolute atomic E-state index is 11.7. The quantitative estimate of drug-likeness (QED) is 0.383. The zero-order valence-corrected chi connectivity index (χ0v) is 12.9. The van der Waals surface area contributed by atoms with E-state index in [1.165, 1.54) is 0 Å². The fourth-order valence-corrected chi connectivity index (χ4v) is 2.91. The molecule has 0 aromatic heterocycles. The zero-order valence-electron chi connectivity index (χ0n) is 8.54. The number of hydrogen-bond donors (Lipinski definition) is 0. The second-order valence-electron chi connectivity index (χ2n) is 3.70. The van der Waals surface area contributed by atoms with Gasteiger partial charge in [-0.15, -0.1) is 0 Å². The molecule has 4 heteroatoms. The Hall–Kier alpha value is -0.630. The van der Waals surface area contributed by atoms with Crippen LogP contribution in [-0.2, 0) is 0 Å². The van der Waals surface area contributed by atoms with Crippen LogP contribution in [0.5, 0.6) is 0 Å². The molecule has 0 saturated heterocycles. The van der Waals surface area contributed by atoms with Crippen LogP contribution in [0.1, 0.15) is 0 Å². The summed E-state index contributed by atoms with van der Waals surface area (Å²) in [6, 6.07) is 11.4. The van der Waals surface area contributed by atoms with Crippen LogP contribution in [0.4, 0.5) is 0 Å². The Morgan fingerprint density at radius 3 is 2.59 bits per heavy atom. The highest BCUT2D eigenvalue weighted by Gasteiger charge is 2.15. The highest BCUT2D eigenvalue weighted by Crippen LogP contribution is 2.32. The molecule has 3 rings (SSSR count). The van der Waals surface area contributed by atoms with Gasteiger partial charge < -0.3 is 4.42 Å². The van der Waals surface area contributed by atoms with Gasteiger partial charge in [0.15, 0.2) is 5.43 Å². The predicted molar refractivity (Wildman–Crippen MR) is 84.5 cm³/mol. The van der Waals surface area contributed by atoms with Gasteiger partial charge in [-0.3, -0.25) is 4.79 Å². The summed E-state index contributed by atoms with van der Waals surface area (Å²) in [5, 5.41) is 1.05. The minimum absolute atomic E-state index is 0.0153. The lowest BCUT2D eigenvalue weighted by Gasteiger charge is -2.09. The summed E-state index contributed by atoms with van der Waals surface area (Å²) in [6.45, 7) is 0. The van der Waals surface area contributed by atoms with Crippen LogP contribution in [-0.4, -0.2) is 0 Å². The third-order valence-corrected chi connectivity index (χ3v) is 5.84. The third-order valence-electron chi connectivity index (χ3n) is 2.61. The molecule has 0 radical (unpaired) electrons. The number of benzene rings is 2. The average molecular weight is 448 g/mol. The van der Waals surface area contributed by atoms with E-state index >= 15 is 0 Å². The summed E-state index contributed by atoms with van der Waals surface area (Å²) >= 11 is 4.27. The highest BCUT2D eigenvalue weighted by atomic mass is 127. The van der Waals surface area contributed by atoms with E-state index in [2.05, 4.69) is 51.2 Å². The van der Waals surface area contributed by atoms with Crippen LogP contribution in [0.2, 0.25) is 0 Å². The van der Waals surface area contributed by atoms with Gasteiger partial charge in [0.25, 0.3) is 0 Å². The molecule has 0 N–H and O–H groups in total. The van der Waals surface area contributed by atoms with E-state index in [4.69, 9.17) is 4.42 Å². The van der Waals surface area contributed by atoms with Gasteiger partial charge in [-0.2, -0.15) is 0 Å². The molecule has 1 aromatic rings. The van der Waals surface area contributed by atoms with Crippen molar-refractivity contribution in [3.8, 4) is 11.3 Å². The number of hydrogen-bond acceptors (Lipinski definition) is 2. The molecule has 1 aliphatic heterocycles. The fourth-order valence-electron chi connectivity index (χ4n) is 1.78. The number of fused-ring (bicyclic) bond motifs is 2. The summed E-state index contributed by atoms with van der Waals surface area (Å²) in [7, 11) is 0. The molecule has 0 amide bonds. The van der Waals surface area contributed by atoms with Gasteiger partial charge in [-0.1, -0.05) is 18.2 Å². The van der Waals surface area contributed by atoms with E-state index in [9.17, 15) is 4.79 Å². The van der Waals surface area contributed by atoms with E-state index in [1.54, 1.807) is 6.07 Å². The van der Waals surface area contributed by atoms with Crippen molar-refractivity contribution in [1.82, 2.24) is 0 Å². The molecule has 0 spiro atoms. The second kappa shape index (κ2) is 4.24. The van der Waals surface area contributed by atoms with Crippen LogP contribution in [0.25, 0.3) is 22.3 Å². The van der Waals surface area contributed by atoms with E-state index in [-0.39, 0.29) is 5.43 Å². The van der Waals surface area contributed by atoms with Gasteiger partial charge in [-0.25, -0.2) is 0 Å². The third kappa shape index (κ3) is 1.87. The summed E-state index contributed by atoms with van der Waals surface area (Å²) in [6.07, 6.45) is 0. The molecule has 0 atom stereocenters. The molecular formula is C13H6I2O2.